The van der Waals surface area contributed by atoms with Gasteiger partial charge in [-0.05, 0) is 45.5 Å². The van der Waals surface area contributed by atoms with Crippen molar-refractivity contribution in [3.63, 3.8) is 0 Å². The molecule has 0 fully saturated rings. The monoisotopic (exact) mass is 333 g/mol. The first-order chi connectivity index (χ1) is 12.8. The molecule has 0 heterocycles. The van der Waals surface area contributed by atoms with Crippen molar-refractivity contribution in [2.24, 2.45) is 0 Å². The van der Waals surface area contributed by atoms with Gasteiger partial charge in [0.05, 0.1) is 5.41 Å². The molecule has 0 spiro atoms. The molecule has 4 aromatic carbocycles. The lowest BCUT2D eigenvalue weighted by atomic mass is 9.68. The molecule has 0 aromatic heterocycles. The van der Waals surface area contributed by atoms with Crippen LogP contribution >= 0.6 is 0 Å². The van der Waals surface area contributed by atoms with Crippen molar-refractivity contribution in [2.75, 3.05) is 0 Å². The van der Waals surface area contributed by atoms with E-state index in [0.29, 0.717) is 0 Å². The van der Waals surface area contributed by atoms with Gasteiger partial charge in [0.2, 0.25) is 0 Å². The Hall–Kier alpha value is -3.32. The summed E-state index contributed by atoms with van der Waals surface area (Å²) in [5.74, 6) is 0.0489. The second-order valence-electron chi connectivity index (χ2n) is 6.74. The molecule has 123 valence electrons. The van der Waals surface area contributed by atoms with Crippen LogP contribution in [-0.2, 0) is 10.5 Å². The van der Waals surface area contributed by atoms with E-state index in [0.717, 1.165) is 11.1 Å². The van der Waals surface area contributed by atoms with E-state index < -0.39 is 5.41 Å². The van der Waals surface area contributed by atoms with Crippen LogP contribution in [0.25, 0.3) is 11.1 Å². The molecule has 0 amide bonds. The average molecular weight is 333 g/mol. The standard InChI is InChI=1S/C25H17O/c26-20-15-16-22-21-13-7-8-14-23(21)25(24(22)17-20,18-9-3-1-4-10-18)19-11-5-2-6-12-19/h1-17H. The van der Waals surface area contributed by atoms with Gasteiger partial charge in [-0.25, -0.2) is 0 Å². The largest absolute Gasteiger partial charge is 0.290 e. The smallest absolute Gasteiger partial charge is 0.179 e. The van der Waals surface area contributed by atoms with Crippen LogP contribution in [0.15, 0.2) is 103 Å². The molecule has 0 atom stereocenters. The zero-order chi connectivity index (χ0) is 17.6. The summed E-state index contributed by atoms with van der Waals surface area (Å²) < 4.78 is 0. The lowest BCUT2D eigenvalue weighted by Crippen LogP contribution is -2.28. The SMILES string of the molecule is [O]c1ccc2c(c1)C(c1ccccc1)(c1ccccc1)c1ccccc1-2. The number of rotatable bonds is 2. The topological polar surface area (TPSA) is 19.9 Å². The summed E-state index contributed by atoms with van der Waals surface area (Å²) in [6.45, 7) is 0. The number of fused-ring (bicyclic) bond motifs is 3. The van der Waals surface area contributed by atoms with Crippen LogP contribution in [0.5, 0.6) is 5.75 Å². The summed E-state index contributed by atoms with van der Waals surface area (Å²) in [6.07, 6.45) is 0. The normalized spacial score (nSPS) is 13.8. The third-order valence-electron chi connectivity index (χ3n) is 5.43. The lowest BCUT2D eigenvalue weighted by Gasteiger charge is -2.33. The molecule has 0 N–H and O–H groups in total. The van der Waals surface area contributed by atoms with E-state index in [9.17, 15) is 5.11 Å². The molecule has 1 heteroatoms. The van der Waals surface area contributed by atoms with Crippen LogP contribution in [0.4, 0.5) is 0 Å². The fraction of sp³-hybridized carbons (Fsp3) is 0.0400. The molecule has 0 saturated carbocycles. The minimum atomic E-state index is -0.463. The van der Waals surface area contributed by atoms with Crippen molar-refractivity contribution in [1.82, 2.24) is 0 Å². The lowest BCUT2D eigenvalue weighted by molar-refractivity contribution is 0.354. The fourth-order valence-electron chi connectivity index (χ4n) is 4.42. The maximum absolute atomic E-state index is 12.3. The summed E-state index contributed by atoms with van der Waals surface area (Å²) in [4.78, 5) is 0. The third-order valence-corrected chi connectivity index (χ3v) is 5.43. The average Bonchev–Trinajstić information content (AvgIpc) is 3.00. The van der Waals surface area contributed by atoms with Gasteiger partial charge < -0.3 is 0 Å². The van der Waals surface area contributed by atoms with Crippen molar-refractivity contribution in [3.05, 3.63) is 125 Å². The quantitative estimate of drug-likeness (QED) is 0.367. The van der Waals surface area contributed by atoms with Gasteiger partial charge in [-0.1, -0.05) is 91.0 Å². The number of hydrogen-bond acceptors (Lipinski definition) is 0. The molecule has 0 unspecified atom stereocenters. The van der Waals surface area contributed by atoms with Gasteiger partial charge in [0.1, 0.15) is 0 Å². The van der Waals surface area contributed by atoms with Gasteiger partial charge in [0.25, 0.3) is 0 Å². The summed E-state index contributed by atoms with van der Waals surface area (Å²) in [7, 11) is 0. The first-order valence-corrected chi connectivity index (χ1v) is 8.84. The van der Waals surface area contributed by atoms with E-state index in [-0.39, 0.29) is 5.75 Å². The molecular formula is C25H17O. The van der Waals surface area contributed by atoms with Crippen molar-refractivity contribution < 1.29 is 5.11 Å². The van der Waals surface area contributed by atoms with E-state index in [4.69, 9.17) is 0 Å². The molecule has 1 nitrogen and oxygen atoms in total. The Balaban J connectivity index is 1.99. The Bertz CT molecular complexity index is 1040. The first-order valence-electron chi connectivity index (χ1n) is 8.84. The van der Waals surface area contributed by atoms with Gasteiger partial charge in [-0.2, -0.15) is 0 Å². The van der Waals surface area contributed by atoms with Crippen molar-refractivity contribution in [1.29, 1.82) is 0 Å². The van der Waals surface area contributed by atoms with E-state index in [1.54, 1.807) is 6.07 Å². The molecule has 0 bridgehead atoms. The van der Waals surface area contributed by atoms with Crippen LogP contribution in [0, 0.1) is 0 Å². The van der Waals surface area contributed by atoms with Crippen molar-refractivity contribution >= 4 is 0 Å². The molecule has 26 heavy (non-hydrogen) atoms. The van der Waals surface area contributed by atoms with E-state index in [1.807, 2.05) is 24.3 Å². The predicted octanol–water partition coefficient (Wildman–Crippen LogP) is 6.19. The predicted molar refractivity (Wildman–Crippen MR) is 104 cm³/mol. The van der Waals surface area contributed by atoms with E-state index in [1.165, 1.54) is 22.3 Å². The van der Waals surface area contributed by atoms with Crippen LogP contribution in [0.3, 0.4) is 0 Å². The number of hydrogen-bond donors (Lipinski definition) is 0. The Morgan fingerprint density at radius 1 is 0.500 bits per heavy atom. The van der Waals surface area contributed by atoms with Crippen molar-refractivity contribution in [3.8, 4) is 16.9 Å². The molecule has 5 rings (SSSR count). The van der Waals surface area contributed by atoms with Crippen LogP contribution < -0.4 is 0 Å². The molecule has 0 aliphatic heterocycles. The first kappa shape index (κ1) is 15.0. The number of benzene rings is 4. The van der Waals surface area contributed by atoms with Crippen molar-refractivity contribution in [2.45, 2.75) is 5.41 Å². The highest BCUT2D eigenvalue weighted by Crippen LogP contribution is 2.56. The Morgan fingerprint density at radius 2 is 1.04 bits per heavy atom. The Morgan fingerprint density at radius 3 is 1.69 bits per heavy atom. The van der Waals surface area contributed by atoms with E-state index in [2.05, 4.69) is 72.8 Å². The molecule has 1 aliphatic carbocycles. The molecule has 1 aliphatic rings. The minimum Gasteiger partial charge on any atom is -0.290 e. The Kier molecular flexibility index (Phi) is 3.23. The van der Waals surface area contributed by atoms with Crippen LogP contribution in [0.1, 0.15) is 22.3 Å². The zero-order valence-electron chi connectivity index (χ0n) is 14.2. The van der Waals surface area contributed by atoms with Gasteiger partial charge in [-0.3, -0.25) is 5.11 Å². The highest BCUT2D eigenvalue weighted by atomic mass is 16.3. The van der Waals surface area contributed by atoms with Gasteiger partial charge >= 0.3 is 0 Å². The molecular weight excluding hydrogens is 316 g/mol. The van der Waals surface area contributed by atoms with Gasteiger partial charge in [0.15, 0.2) is 5.75 Å². The molecule has 0 saturated heterocycles. The summed E-state index contributed by atoms with van der Waals surface area (Å²) in [5, 5.41) is 12.3. The maximum atomic E-state index is 12.3. The van der Waals surface area contributed by atoms with Crippen LogP contribution in [0.2, 0.25) is 0 Å². The maximum Gasteiger partial charge on any atom is 0.179 e. The molecule has 4 aromatic rings. The van der Waals surface area contributed by atoms with Gasteiger partial charge in [0, 0.05) is 0 Å². The summed E-state index contributed by atoms with van der Waals surface area (Å²) >= 11 is 0. The fourth-order valence-corrected chi connectivity index (χ4v) is 4.42. The highest BCUT2D eigenvalue weighted by Gasteiger charge is 2.46. The second-order valence-corrected chi connectivity index (χ2v) is 6.74. The van der Waals surface area contributed by atoms with Crippen LogP contribution in [-0.4, -0.2) is 0 Å². The second kappa shape index (κ2) is 5.60. The Labute approximate surface area is 153 Å². The summed E-state index contributed by atoms with van der Waals surface area (Å²) in [6, 6.07) is 35.0. The third kappa shape index (κ3) is 1.91. The minimum absolute atomic E-state index is 0.0489. The highest BCUT2D eigenvalue weighted by molar-refractivity contribution is 5.86. The van der Waals surface area contributed by atoms with Gasteiger partial charge in [-0.15, -0.1) is 0 Å². The summed E-state index contributed by atoms with van der Waals surface area (Å²) in [5.41, 5.74) is 6.56. The van der Waals surface area contributed by atoms with E-state index >= 15 is 0 Å². The zero-order valence-corrected chi connectivity index (χ0v) is 14.2. The molecule has 1 radical (unpaired) electrons.